The Morgan fingerprint density at radius 2 is 1.79 bits per heavy atom. The fourth-order valence-corrected chi connectivity index (χ4v) is 4.87. The first kappa shape index (κ1) is 19.2. The maximum Gasteiger partial charge on any atom is 0.264 e. The molecule has 1 aliphatic heterocycles. The Bertz CT molecular complexity index is 703. The van der Waals surface area contributed by atoms with E-state index in [1.807, 2.05) is 25.1 Å². The molecule has 0 unspecified atom stereocenters. The van der Waals surface area contributed by atoms with Crippen molar-refractivity contribution in [3.8, 4) is 0 Å². The Balaban J connectivity index is 2.15. The molecule has 2 rings (SSSR count). The molecule has 0 bridgehead atoms. The molecule has 0 spiro atoms. The minimum atomic E-state index is -3.53. The third-order valence-electron chi connectivity index (χ3n) is 5.06. The van der Waals surface area contributed by atoms with Crippen molar-refractivity contribution in [2.75, 3.05) is 6.61 Å². The molecule has 134 valence electrons. The van der Waals surface area contributed by atoms with Crippen LogP contribution in [0.1, 0.15) is 32.8 Å². The molecule has 0 aliphatic carbocycles. The number of nitrogens with zero attached hydrogens (tertiary/aromatic N) is 1. The second-order valence-electron chi connectivity index (χ2n) is 7.99. The van der Waals surface area contributed by atoms with Gasteiger partial charge in [-0.25, -0.2) is 8.42 Å². The molecule has 0 saturated heterocycles. The van der Waals surface area contributed by atoms with Gasteiger partial charge in [0.2, 0.25) is 0 Å². The second-order valence-corrected chi connectivity index (χ2v) is 14.6. The van der Waals surface area contributed by atoms with E-state index in [0.717, 1.165) is 5.56 Å². The van der Waals surface area contributed by atoms with Crippen molar-refractivity contribution < 1.29 is 12.8 Å². The molecular weight excluding hydrogens is 338 g/mol. The highest BCUT2D eigenvalue weighted by Crippen LogP contribution is 2.37. The lowest BCUT2D eigenvalue weighted by Gasteiger charge is -2.38. The summed E-state index contributed by atoms with van der Waals surface area (Å²) in [7, 11) is -5.42. The van der Waals surface area contributed by atoms with Gasteiger partial charge in [0.15, 0.2) is 8.32 Å². The van der Waals surface area contributed by atoms with Crippen molar-refractivity contribution in [3.63, 3.8) is 0 Å². The van der Waals surface area contributed by atoms with Crippen LogP contribution in [0, 0.1) is 6.92 Å². The van der Waals surface area contributed by atoms with E-state index in [4.69, 9.17) is 4.43 Å². The van der Waals surface area contributed by atoms with Crippen molar-refractivity contribution in [2.45, 2.75) is 63.2 Å². The predicted molar refractivity (Wildman–Crippen MR) is 101 cm³/mol. The fraction of sp³-hybridized carbons (Fsp3) is 0.556. The zero-order chi connectivity index (χ0) is 18.2. The van der Waals surface area contributed by atoms with Crippen molar-refractivity contribution >= 4 is 18.3 Å². The SMILES string of the molecule is Cc1ccc(S(=O)(=O)N2C=CC[C@@H]2CO[Si](C)(C)C(C)(C)C)cc1. The number of aryl methyl sites for hydroxylation is 1. The number of rotatable bonds is 5. The van der Waals surface area contributed by atoms with Gasteiger partial charge in [-0.2, -0.15) is 0 Å². The summed E-state index contributed by atoms with van der Waals surface area (Å²) in [6.45, 7) is 13.3. The largest absolute Gasteiger partial charge is 0.415 e. The summed E-state index contributed by atoms with van der Waals surface area (Å²) in [5.74, 6) is 0. The van der Waals surface area contributed by atoms with E-state index in [-0.39, 0.29) is 11.1 Å². The molecule has 1 atom stereocenters. The van der Waals surface area contributed by atoms with Crippen molar-refractivity contribution in [2.24, 2.45) is 0 Å². The molecular formula is C18H29NO3SSi. The lowest BCUT2D eigenvalue weighted by atomic mass is 10.2. The monoisotopic (exact) mass is 367 g/mol. The van der Waals surface area contributed by atoms with Gasteiger partial charge in [-0.1, -0.05) is 44.5 Å². The molecule has 6 heteroatoms. The molecule has 0 saturated carbocycles. The van der Waals surface area contributed by atoms with Crippen LogP contribution in [-0.4, -0.2) is 33.7 Å². The number of sulfonamides is 1. The Labute approximate surface area is 147 Å². The van der Waals surface area contributed by atoms with E-state index in [0.29, 0.717) is 17.9 Å². The molecule has 24 heavy (non-hydrogen) atoms. The Hall–Kier alpha value is -1.11. The summed E-state index contributed by atoms with van der Waals surface area (Å²) in [6, 6.07) is 6.83. The maximum absolute atomic E-state index is 12.9. The molecule has 0 radical (unpaired) electrons. The summed E-state index contributed by atoms with van der Waals surface area (Å²) >= 11 is 0. The number of benzene rings is 1. The average molecular weight is 368 g/mol. The van der Waals surface area contributed by atoms with E-state index in [9.17, 15) is 8.42 Å². The van der Waals surface area contributed by atoms with Gasteiger partial charge in [-0.3, -0.25) is 4.31 Å². The topological polar surface area (TPSA) is 46.6 Å². The predicted octanol–water partition coefficient (Wildman–Crippen LogP) is 4.29. The summed E-state index contributed by atoms with van der Waals surface area (Å²) in [4.78, 5) is 0.331. The first-order valence-corrected chi connectivity index (χ1v) is 12.7. The van der Waals surface area contributed by atoms with Crippen LogP contribution < -0.4 is 0 Å². The third kappa shape index (κ3) is 3.92. The Morgan fingerprint density at radius 1 is 1.21 bits per heavy atom. The van der Waals surface area contributed by atoms with Crippen molar-refractivity contribution in [1.82, 2.24) is 4.31 Å². The van der Waals surface area contributed by atoms with E-state index in [1.165, 1.54) is 4.31 Å². The van der Waals surface area contributed by atoms with E-state index < -0.39 is 18.3 Å². The molecule has 1 aromatic rings. The lowest BCUT2D eigenvalue weighted by Crippen LogP contribution is -2.45. The molecule has 0 aromatic heterocycles. The third-order valence-corrected chi connectivity index (χ3v) is 11.4. The van der Waals surface area contributed by atoms with Gasteiger partial charge in [0.25, 0.3) is 10.0 Å². The van der Waals surface area contributed by atoms with Crippen molar-refractivity contribution in [3.05, 3.63) is 42.1 Å². The Morgan fingerprint density at radius 3 is 2.33 bits per heavy atom. The minimum absolute atomic E-state index is 0.111. The van der Waals surface area contributed by atoms with Gasteiger partial charge < -0.3 is 4.43 Å². The van der Waals surface area contributed by atoms with E-state index in [2.05, 4.69) is 33.9 Å². The summed E-state index contributed by atoms with van der Waals surface area (Å²) < 4.78 is 33.5. The molecule has 0 fully saturated rings. The van der Waals surface area contributed by atoms with Gasteiger partial charge in [-0.15, -0.1) is 0 Å². The zero-order valence-electron chi connectivity index (χ0n) is 15.5. The zero-order valence-corrected chi connectivity index (χ0v) is 17.4. The number of hydrogen-bond donors (Lipinski definition) is 0. The van der Waals surface area contributed by atoms with Crippen LogP contribution in [0.15, 0.2) is 41.4 Å². The molecule has 4 nitrogen and oxygen atoms in total. The Kier molecular flexibility index (Phi) is 5.33. The second kappa shape index (κ2) is 6.65. The lowest BCUT2D eigenvalue weighted by molar-refractivity contribution is 0.223. The smallest absolute Gasteiger partial charge is 0.264 e. The normalized spacial score (nSPS) is 19.1. The number of hydrogen-bond acceptors (Lipinski definition) is 3. The highest BCUT2D eigenvalue weighted by molar-refractivity contribution is 7.89. The first-order chi connectivity index (χ1) is 10.9. The molecule has 1 aromatic carbocycles. The van der Waals surface area contributed by atoms with Gasteiger partial charge in [-0.05, 0) is 43.6 Å². The van der Waals surface area contributed by atoms with Gasteiger partial charge >= 0.3 is 0 Å². The molecule has 0 amide bonds. The van der Waals surface area contributed by atoms with Gasteiger partial charge in [0, 0.05) is 6.20 Å². The summed E-state index contributed by atoms with van der Waals surface area (Å²) in [5.41, 5.74) is 1.05. The van der Waals surface area contributed by atoms with Crippen LogP contribution in [0.3, 0.4) is 0 Å². The standard InChI is InChI=1S/C18H29NO3SSi/c1-15-9-11-17(12-10-15)23(20,21)19-13-7-8-16(19)14-22-24(5,6)18(2,3)4/h7,9-13,16H,8,14H2,1-6H3/t16-/m1/s1. The van der Waals surface area contributed by atoms with Crippen molar-refractivity contribution in [1.29, 1.82) is 0 Å². The van der Waals surface area contributed by atoms with E-state index in [1.54, 1.807) is 18.3 Å². The quantitative estimate of drug-likeness (QED) is 0.729. The van der Waals surface area contributed by atoms with Gasteiger partial charge in [0.05, 0.1) is 17.5 Å². The van der Waals surface area contributed by atoms with Crippen LogP contribution >= 0.6 is 0 Å². The summed E-state index contributed by atoms with van der Waals surface area (Å²) in [5, 5.41) is 0.111. The van der Waals surface area contributed by atoms with Crippen LogP contribution in [0.25, 0.3) is 0 Å². The fourth-order valence-electron chi connectivity index (χ4n) is 2.32. The van der Waals surface area contributed by atoms with Gasteiger partial charge in [0.1, 0.15) is 0 Å². The van der Waals surface area contributed by atoms with Crippen LogP contribution in [0.4, 0.5) is 0 Å². The highest BCUT2D eigenvalue weighted by atomic mass is 32.2. The molecule has 1 aliphatic rings. The van der Waals surface area contributed by atoms with Crippen LogP contribution in [-0.2, 0) is 14.4 Å². The first-order valence-electron chi connectivity index (χ1n) is 8.36. The van der Waals surface area contributed by atoms with Crippen LogP contribution in [0.2, 0.25) is 18.1 Å². The molecule has 1 heterocycles. The van der Waals surface area contributed by atoms with E-state index >= 15 is 0 Å². The summed E-state index contributed by atoms with van der Waals surface area (Å²) in [6.07, 6.45) is 4.28. The molecule has 0 N–H and O–H groups in total. The maximum atomic E-state index is 12.9. The average Bonchev–Trinajstić information content (AvgIpc) is 2.93. The highest BCUT2D eigenvalue weighted by Gasteiger charge is 2.39. The van der Waals surface area contributed by atoms with Crippen LogP contribution in [0.5, 0.6) is 0 Å². The minimum Gasteiger partial charge on any atom is -0.415 e.